The molecule has 0 radical (unpaired) electrons. The minimum Gasteiger partial charge on any atom is -0.491 e. The van der Waals surface area contributed by atoms with Crippen molar-refractivity contribution in [1.82, 2.24) is 4.90 Å². The summed E-state index contributed by atoms with van der Waals surface area (Å²) >= 11 is 6.18. The van der Waals surface area contributed by atoms with Gasteiger partial charge in [0.15, 0.2) is 0 Å². The van der Waals surface area contributed by atoms with Crippen LogP contribution in [-0.2, 0) is 10.3 Å². The first-order valence-electron chi connectivity index (χ1n) is 12.5. The Bertz CT molecular complexity index is 1310. The van der Waals surface area contributed by atoms with E-state index in [1.807, 2.05) is 36.4 Å². The van der Waals surface area contributed by atoms with Crippen molar-refractivity contribution in [3.8, 4) is 17.9 Å². The van der Waals surface area contributed by atoms with Crippen LogP contribution in [0.5, 0.6) is 5.75 Å². The van der Waals surface area contributed by atoms with E-state index >= 15 is 0 Å². The third-order valence-electron chi connectivity index (χ3n) is 6.84. The topological polar surface area (TPSA) is 92.8 Å². The van der Waals surface area contributed by atoms with Crippen molar-refractivity contribution in [2.45, 2.75) is 18.6 Å². The van der Waals surface area contributed by atoms with Crippen LogP contribution in [-0.4, -0.2) is 56.5 Å². The van der Waals surface area contributed by atoms with E-state index in [4.69, 9.17) is 26.3 Å². The summed E-state index contributed by atoms with van der Waals surface area (Å²) in [6.45, 7) is 5.11. The first kappa shape index (κ1) is 27.4. The number of β-amino-alcohol motifs (C(OH)–C–C–N with tert-alkyl or cyclic N) is 1. The number of ether oxygens (including phenoxy) is 2. The number of hydrogen-bond donors (Lipinski definition) is 1. The maximum atomic E-state index is 11.4. The summed E-state index contributed by atoms with van der Waals surface area (Å²) in [4.78, 5) is 4.48. The maximum absolute atomic E-state index is 11.4. The smallest absolute Gasteiger partial charge is 0.120 e. The van der Waals surface area contributed by atoms with Crippen LogP contribution in [0.2, 0.25) is 5.02 Å². The highest BCUT2D eigenvalue weighted by Gasteiger charge is 2.34. The van der Waals surface area contributed by atoms with Crippen LogP contribution < -0.4 is 9.64 Å². The number of halogens is 1. The highest BCUT2D eigenvalue weighted by atomic mass is 35.5. The molecule has 1 heterocycles. The number of hydrogen-bond acceptors (Lipinski definition) is 7. The second kappa shape index (κ2) is 12.3. The monoisotopic (exact) mass is 530 g/mol. The number of nitriles is 2. The lowest BCUT2D eigenvalue weighted by molar-refractivity contribution is 0.0103. The van der Waals surface area contributed by atoms with Crippen LogP contribution in [0.25, 0.3) is 0 Å². The molecule has 1 aliphatic heterocycles. The summed E-state index contributed by atoms with van der Waals surface area (Å²) in [7, 11) is 1.62. The Morgan fingerprint density at radius 1 is 1.00 bits per heavy atom. The molecule has 0 amide bonds. The predicted octanol–water partition coefficient (Wildman–Crippen LogP) is 4.88. The van der Waals surface area contributed by atoms with Gasteiger partial charge in [-0.05, 0) is 60.5 Å². The van der Waals surface area contributed by atoms with Gasteiger partial charge in [0.25, 0.3) is 0 Å². The molecule has 0 spiro atoms. The molecular weight excluding hydrogens is 500 g/mol. The Morgan fingerprint density at radius 2 is 1.74 bits per heavy atom. The van der Waals surface area contributed by atoms with Crippen molar-refractivity contribution in [2.75, 3.05) is 51.4 Å². The van der Waals surface area contributed by atoms with Gasteiger partial charge >= 0.3 is 0 Å². The molecule has 0 unspecified atom stereocenters. The van der Waals surface area contributed by atoms with Gasteiger partial charge in [-0.2, -0.15) is 10.5 Å². The van der Waals surface area contributed by atoms with Crippen LogP contribution in [0.3, 0.4) is 0 Å². The van der Waals surface area contributed by atoms with E-state index in [9.17, 15) is 10.4 Å². The predicted molar refractivity (Wildman–Crippen MR) is 147 cm³/mol. The summed E-state index contributed by atoms with van der Waals surface area (Å²) in [5, 5.41) is 31.1. The van der Waals surface area contributed by atoms with Gasteiger partial charge in [-0.25, -0.2) is 0 Å². The van der Waals surface area contributed by atoms with Gasteiger partial charge in [0.05, 0.1) is 41.1 Å². The summed E-state index contributed by atoms with van der Waals surface area (Å²) in [5.74, 6) is 0.627. The van der Waals surface area contributed by atoms with Crippen LogP contribution in [0, 0.1) is 22.7 Å². The third-order valence-corrected chi connectivity index (χ3v) is 7.09. The second-order valence-electron chi connectivity index (χ2n) is 9.59. The number of piperazine rings is 1. The van der Waals surface area contributed by atoms with Crippen molar-refractivity contribution >= 4 is 17.3 Å². The Labute approximate surface area is 229 Å². The van der Waals surface area contributed by atoms with E-state index in [0.717, 1.165) is 16.8 Å². The average Bonchev–Trinajstić information content (AvgIpc) is 2.93. The molecule has 0 bridgehead atoms. The number of aliphatic hydroxyl groups is 1. The van der Waals surface area contributed by atoms with Crippen molar-refractivity contribution in [1.29, 1.82) is 10.5 Å². The van der Waals surface area contributed by atoms with Crippen LogP contribution in [0.1, 0.15) is 35.2 Å². The number of benzene rings is 3. The quantitative estimate of drug-likeness (QED) is 0.394. The molecule has 4 rings (SSSR count). The van der Waals surface area contributed by atoms with E-state index in [1.54, 1.807) is 44.4 Å². The Balaban J connectivity index is 1.59. The number of rotatable bonds is 9. The van der Waals surface area contributed by atoms with E-state index in [0.29, 0.717) is 61.3 Å². The maximum Gasteiger partial charge on any atom is 0.120 e. The van der Waals surface area contributed by atoms with E-state index in [2.05, 4.69) is 21.9 Å². The lowest BCUT2D eigenvalue weighted by Crippen LogP contribution is -2.52. The van der Waals surface area contributed by atoms with Gasteiger partial charge in [0.2, 0.25) is 0 Å². The summed E-state index contributed by atoms with van der Waals surface area (Å²) in [5.41, 5.74) is 2.67. The average molecular weight is 531 g/mol. The van der Waals surface area contributed by atoms with Crippen molar-refractivity contribution < 1.29 is 14.6 Å². The van der Waals surface area contributed by atoms with Crippen LogP contribution >= 0.6 is 11.6 Å². The molecular formula is C30H31ClN4O3. The highest BCUT2D eigenvalue weighted by molar-refractivity contribution is 6.30. The minimum atomic E-state index is -1.10. The van der Waals surface area contributed by atoms with E-state index in [-0.39, 0.29) is 6.04 Å². The fraction of sp³-hybridized carbons (Fsp3) is 0.333. The molecule has 1 N–H and O–H groups in total. The normalized spacial score (nSPS) is 17.3. The zero-order valence-corrected chi connectivity index (χ0v) is 22.4. The Kier molecular flexibility index (Phi) is 8.89. The SMILES string of the molecule is COCCOc1ccc(N2CCN(C[C@@](C)(O)c3ccc(C#N)cc3)C[C@H]2c2ccc(Cl)cc2)c(C#N)c1. The number of anilines is 1. The van der Waals surface area contributed by atoms with Gasteiger partial charge in [-0.15, -0.1) is 0 Å². The zero-order valence-electron chi connectivity index (χ0n) is 21.6. The first-order valence-corrected chi connectivity index (χ1v) is 12.9. The fourth-order valence-electron chi connectivity index (χ4n) is 4.86. The van der Waals surface area contributed by atoms with Gasteiger partial charge in [0.1, 0.15) is 18.4 Å². The largest absolute Gasteiger partial charge is 0.491 e. The summed E-state index contributed by atoms with van der Waals surface area (Å²) < 4.78 is 10.8. The summed E-state index contributed by atoms with van der Waals surface area (Å²) in [6, 6.07) is 24.8. The van der Waals surface area contributed by atoms with Crippen molar-refractivity contribution in [2.24, 2.45) is 0 Å². The Morgan fingerprint density at radius 3 is 2.39 bits per heavy atom. The minimum absolute atomic E-state index is 0.0647. The highest BCUT2D eigenvalue weighted by Crippen LogP contribution is 2.36. The van der Waals surface area contributed by atoms with Crippen LogP contribution in [0.4, 0.5) is 5.69 Å². The number of methoxy groups -OCH3 is 1. The molecule has 3 aromatic rings. The van der Waals surface area contributed by atoms with Gasteiger partial charge in [-0.3, -0.25) is 4.90 Å². The lowest BCUT2D eigenvalue weighted by Gasteiger charge is -2.45. The molecule has 1 saturated heterocycles. The van der Waals surface area contributed by atoms with Gasteiger partial charge in [-0.1, -0.05) is 35.9 Å². The van der Waals surface area contributed by atoms with Crippen molar-refractivity contribution in [3.05, 3.63) is 94.0 Å². The zero-order chi connectivity index (χ0) is 27.1. The molecule has 38 heavy (non-hydrogen) atoms. The first-order chi connectivity index (χ1) is 18.3. The molecule has 8 heteroatoms. The summed E-state index contributed by atoms with van der Waals surface area (Å²) in [6.07, 6.45) is 0. The molecule has 0 aromatic heterocycles. The molecule has 0 aliphatic carbocycles. The molecule has 196 valence electrons. The van der Waals surface area contributed by atoms with Gasteiger partial charge in [0, 0.05) is 38.3 Å². The van der Waals surface area contributed by atoms with E-state index in [1.165, 1.54) is 0 Å². The van der Waals surface area contributed by atoms with Gasteiger partial charge < -0.3 is 19.5 Å². The molecule has 1 aliphatic rings. The third kappa shape index (κ3) is 6.45. The molecule has 7 nitrogen and oxygen atoms in total. The lowest BCUT2D eigenvalue weighted by atomic mass is 9.93. The Hall–Kier alpha value is -3.59. The second-order valence-corrected chi connectivity index (χ2v) is 10.0. The fourth-order valence-corrected chi connectivity index (χ4v) is 4.99. The standard InChI is InChI=1S/C30H31ClN4O3/c1-30(36,25-7-3-22(18-32)4-8-25)21-34-13-14-35(29(20-34)23-5-9-26(31)10-6-23)28-12-11-27(17-24(28)19-33)38-16-15-37-2/h3-12,17,29,36H,13-16,20-21H2,1-2H3/t29-,30+/m0/s1. The molecule has 3 aromatic carbocycles. The number of nitrogens with zero attached hydrogens (tertiary/aromatic N) is 4. The van der Waals surface area contributed by atoms with Crippen LogP contribution in [0.15, 0.2) is 66.7 Å². The van der Waals surface area contributed by atoms with E-state index < -0.39 is 5.60 Å². The van der Waals surface area contributed by atoms with Crippen molar-refractivity contribution in [3.63, 3.8) is 0 Å². The molecule has 0 saturated carbocycles. The molecule has 2 atom stereocenters. The molecule has 1 fully saturated rings.